The Labute approximate surface area is 136 Å². The molecule has 0 aliphatic carbocycles. The molecule has 1 amide bonds. The minimum absolute atomic E-state index is 0.0801. The number of benzene rings is 2. The van der Waals surface area contributed by atoms with E-state index in [1.165, 1.54) is 18.2 Å². The van der Waals surface area contributed by atoms with Crippen LogP contribution < -0.4 is 10.0 Å². The topological polar surface area (TPSA) is 113 Å². The van der Waals surface area contributed by atoms with Crippen LogP contribution in [0.15, 0.2) is 41.3 Å². The molecule has 0 saturated carbocycles. The maximum Gasteiger partial charge on any atom is 0.338 e. The summed E-state index contributed by atoms with van der Waals surface area (Å²) in [5, 5.41) is 11.5. The lowest BCUT2D eigenvalue weighted by Crippen LogP contribution is -2.14. The van der Waals surface area contributed by atoms with Crippen molar-refractivity contribution in [1.29, 1.82) is 0 Å². The summed E-state index contributed by atoms with van der Waals surface area (Å²) in [4.78, 5) is 22.1. The van der Waals surface area contributed by atoms with Crippen LogP contribution in [0.2, 0.25) is 0 Å². The van der Waals surface area contributed by atoms with E-state index in [1.807, 2.05) is 0 Å². The van der Waals surface area contributed by atoms with Crippen molar-refractivity contribution >= 4 is 33.3 Å². The summed E-state index contributed by atoms with van der Waals surface area (Å²) < 4.78 is 40.3. The fourth-order valence-corrected chi connectivity index (χ4v) is 3.44. The number of amides is 1. The summed E-state index contributed by atoms with van der Waals surface area (Å²) in [5.41, 5.74) is 0.379. The van der Waals surface area contributed by atoms with Crippen LogP contribution in [0.4, 0.5) is 15.8 Å². The Balaban J connectivity index is 1.93. The van der Waals surface area contributed by atoms with Crippen LogP contribution in [0.3, 0.4) is 0 Å². The predicted octanol–water partition coefficient (Wildman–Crippen LogP) is 1.82. The maximum absolute atomic E-state index is 13.4. The molecule has 9 heteroatoms. The molecule has 24 heavy (non-hydrogen) atoms. The van der Waals surface area contributed by atoms with Gasteiger partial charge in [0, 0.05) is 11.4 Å². The largest absolute Gasteiger partial charge is 0.478 e. The molecule has 0 aromatic heterocycles. The molecule has 0 bridgehead atoms. The standard InChI is InChI=1S/C15H11FN2O5S/c16-12-3-1-9(7-11(12)15(20)21)18-24(22,23)10-2-4-13-8(5-10)6-14(19)17-13/h1-5,7,18H,6H2,(H,17,19)(H,20,21). The monoisotopic (exact) mass is 350 g/mol. The van der Waals surface area contributed by atoms with Crippen LogP contribution in [0, 0.1) is 5.82 Å². The zero-order valence-corrected chi connectivity index (χ0v) is 12.9. The molecule has 2 aromatic rings. The number of anilines is 2. The van der Waals surface area contributed by atoms with Crippen LogP contribution in [-0.4, -0.2) is 25.4 Å². The number of rotatable bonds is 4. The smallest absolute Gasteiger partial charge is 0.338 e. The molecule has 1 aliphatic rings. The van der Waals surface area contributed by atoms with Gasteiger partial charge in [-0.05, 0) is 42.0 Å². The second kappa shape index (κ2) is 5.60. The normalized spacial score (nSPS) is 13.3. The van der Waals surface area contributed by atoms with Crippen LogP contribution in [0.5, 0.6) is 0 Å². The highest BCUT2D eigenvalue weighted by atomic mass is 32.2. The lowest BCUT2D eigenvalue weighted by atomic mass is 10.2. The zero-order chi connectivity index (χ0) is 17.5. The van der Waals surface area contributed by atoms with Gasteiger partial charge in [-0.25, -0.2) is 17.6 Å². The summed E-state index contributed by atoms with van der Waals surface area (Å²) >= 11 is 0. The summed E-state index contributed by atoms with van der Waals surface area (Å²) in [7, 11) is -4.01. The number of sulfonamides is 1. The van der Waals surface area contributed by atoms with E-state index < -0.39 is 27.4 Å². The number of carboxylic acids is 1. The van der Waals surface area contributed by atoms with Gasteiger partial charge >= 0.3 is 5.97 Å². The van der Waals surface area contributed by atoms with E-state index in [9.17, 15) is 22.4 Å². The first-order valence-electron chi connectivity index (χ1n) is 6.75. The van der Waals surface area contributed by atoms with Gasteiger partial charge in [-0.1, -0.05) is 0 Å². The summed E-state index contributed by atoms with van der Waals surface area (Å²) in [6.45, 7) is 0. The van der Waals surface area contributed by atoms with Crippen LogP contribution in [0.1, 0.15) is 15.9 Å². The molecule has 1 heterocycles. The molecule has 0 unspecified atom stereocenters. The molecular formula is C15H11FN2O5S. The van der Waals surface area contributed by atoms with Gasteiger partial charge in [0.05, 0.1) is 16.9 Å². The quantitative estimate of drug-likeness (QED) is 0.778. The lowest BCUT2D eigenvalue weighted by molar-refractivity contribution is -0.115. The minimum Gasteiger partial charge on any atom is -0.478 e. The van der Waals surface area contributed by atoms with E-state index in [0.717, 1.165) is 18.2 Å². The number of aromatic carboxylic acids is 1. The molecule has 3 N–H and O–H groups in total. The Morgan fingerprint density at radius 2 is 1.96 bits per heavy atom. The number of carbonyl (C=O) groups is 2. The van der Waals surface area contributed by atoms with Crippen LogP contribution in [0.25, 0.3) is 0 Å². The second-order valence-corrected chi connectivity index (χ2v) is 6.83. The number of halogens is 1. The van der Waals surface area contributed by atoms with Gasteiger partial charge in [-0.3, -0.25) is 9.52 Å². The van der Waals surface area contributed by atoms with Crippen molar-refractivity contribution in [3.05, 3.63) is 53.3 Å². The van der Waals surface area contributed by atoms with Gasteiger partial charge in [0.2, 0.25) is 5.91 Å². The molecule has 0 radical (unpaired) electrons. The highest BCUT2D eigenvalue weighted by Crippen LogP contribution is 2.27. The van der Waals surface area contributed by atoms with Gasteiger partial charge < -0.3 is 10.4 Å². The van der Waals surface area contributed by atoms with Crippen LogP contribution in [-0.2, 0) is 21.2 Å². The molecule has 0 spiro atoms. The minimum atomic E-state index is -4.01. The highest BCUT2D eigenvalue weighted by molar-refractivity contribution is 7.92. The Hall–Kier alpha value is -2.94. The third-order valence-electron chi connectivity index (χ3n) is 3.46. The zero-order valence-electron chi connectivity index (χ0n) is 12.0. The molecule has 0 fully saturated rings. The first-order chi connectivity index (χ1) is 11.3. The molecular weight excluding hydrogens is 339 g/mol. The molecule has 0 saturated heterocycles. The summed E-state index contributed by atoms with van der Waals surface area (Å²) in [5.74, 6) is -2.69. The lowest BCUT2D eigenvalue weighted by Gasteiger charge is -2.10. The van der Waals surface area contributed by atoms with Gasteiger partial charge in [-0.2, -0.15) is 0 Å². The first-order valence-corrected chi connectivity index (χ1v) is 8.23. The fourth-order valence-electron chi connectivity index (χ4n) is 2.34. The predicted molar refractivity (Wildman–Crippen MR) is 82.9 cm³/mol. The van der Waals surface area contributed by atoms with Crippen molar-refractivity contribution in [3.8, 4) is 0 Å². The van der Waals surface area contributed by atoms with Crippen LogP contribution >= 0.6 is 0 Å². The van der Waals surface area contributed by atoms with Crippen molar-refractivity contribution in [3.63, 3.8) is 0 Å². The summed E-state index contributed by atoms with van der Waals surface area (Å²) in [6, 6.07) is 7.03. The number of hydrogen-bond donors (Lipinski definition) is 3. The Kier molecular flexibility index (Phi) is 3.72. The number of hydrogen-bond acceptors (Lipinski definition) is 4. The number of carbonyl (C=O) groups excluding carboxylic acids is 1. The van der Waals surface area contributed by atoms with Crippen molar-refractivity contribution in [1.82, 2.24) is 0 Å². The average Bonchev–Trinajstić information content (AvgIpc) is 2.87. The Morgan fingerprint density at radius 1 is 1.21 bits per heavy atom. The highest BCUT2D eigenvalue weighted by Gasteiger charge is 2.22. The molecule has 1 aliphatic heterocycles. The van der Waals surface area contributed by atoms with Gasteiger partial charge in [0.1, 0.15) is 5.82 Å². The molecule has 124 valence electrons. The first kappa shape index (κ1) is 15.9. The average molecular weight is 350 g/mol. The van der Waals surface area contributed by atoms with E-state index in [4.69, 9.17) is 5.11 Å². The SMILES string of the molecule is O=C1Cc2cc(S(=O)(=O)Nc3ccc(F)c(C(=O)O)c3)ccc2N1. The van der Waals surface area contributed by atoms with Gasteiger partial charge in [0.25, 0.3) is 10.0 Å². The maximum atomic E-state index is 13.4. The second-order valence-electron chi connectivity index (χ2n) is 5.15. The van der Waals surface area contributed by atoms with Crippen molar-refractivity contribution in [2.75, 3.05) is 10.0 Å². The molecule has 2 aromatic carbocycles. The van der Waals surface area contributed by atoms with Gasteiger partial charge in [-0.15, -0.1) is 0 Å². The Morgan fingerprint density at radius 3 is 2.67 bits per heavy atom. The molecule has 0 atom stereocenters. The third kappa shape index (κ3) is 2.93. The molecule has 3 rings (SSSR count). The van der Waals surface area contributed by atoms with Crippen molar-refractivity contribution < 1.29 is 27.5 Å². The van der Waals surface area contributed by atoms with E-state index in [-0.39, 0.29) is 22.9 Å². The van der Waals surface area contributed by atoms with Crippen molar-refractivity contribution in [2.24, 2.45) is 0 Å². The van der Waals surface area contributed by atoms with E-state index in [2.05, 4.69) is 10.0 Å². The number of fused-ring (bicyclic) bond motifs is 1. The summed E-state index contributed by atoms with van der Waals surface area (Å²) in [6.07, 6.45) is 0.0817. The fraction of sp³-hybridized carbons (Fsp3) is 0.0667. The van der Waals surface area contributed by atoms with E-state index in [1.54, 1.807) is 0 Å². The molecule has 7 nitrogen and oxygen atoms in total. The Bertz CT molecular complexity index is 972. The van der Waals surface area contributed by atoms with Crippen molar-refractivity contribution in [2.45, 2.75) is 11.3 Å². The third-order valence-corrected chi connectivity index (χ3v) is 4.84. The van der Waals surface area contributed by atoms with E-state index in [0.29, 0.717) is 11.3 Å². The van der Waals surface area contributed by atoms with E-state index >= 15 is 0 Å². The number of nitrogens with one attached hydrogen (secondary N) is 2. The number of carboxylic acid groups (broad SMARTS) is 1. The van der Waals surface area contributed by atoms with Gasteiger partial charge in [0.15, 0.2) is 0 Å².